The summed E-state index contributed by atoms with van der Waals surface area (Å²) >= 11 is 0. The molecule has 1 atom stereocenters. The van der Waals surface area contributed by atoms with Crippen LogP contribution in [0.15, 0.2) is 18.2 Å². The average Bonchev–Trinajstić information content (AvgIpc) is 2.14. The summed E-state index contributed by atoms with van der Waals surface area (Å²) in [5.74, 6) is -1.51. The monoisotopic (exact) mass is 293 g/mol. The van der Waals surface area contributed by atoms with Crippen LogP contribution in [-0.2, 0) is 6.18 Å². The standard InChI is InChI=1S/C10H9F6N.ClH/c11-7-3-5(8(17)4-9(12)13)1-2-6(7)10(14,15)16;/h1-3,8-9H,4,17H2;1H/t8-;/m1./s1. The number of benzene rings is 1. The van der Waals surface area contributed by atoms with Gasteiger partial charge >= 0.3 is 6.18 Å². The lowest BCUT2D eigenvalue weighted by Crippen LogP contribution is -2.15. The van der Waals surface area contributed by atoms with Gasteiger partial charge in [0, 0.05) is 12.5 Å². The molecule has 8 heteroatoms. The third-order valence-electron chi connectivity index (χ3n) is 2.16. The van der Waals surface area contributed by atoms with Crippen molar-refractivity contribution in [2.24, 2.45) is 5.73 Å². The number of halogens is 7. The van der Waals surface area contributed by atoms with Gasteiger partial charge in [0.1, 0.15) is 5.82 Å². The van der Waals surface area contributed by atoms with E-state index in [0.717, 1.165) is 6.07 Å². The molecule has 1 aromatic rings. The fourth-order valence-corrected chi connectivity index (χ4v) is 1.32. The summed E-state index contributed by atoms with van der Waals surface area (Å²) in [7, 11) is 0. The first-order chi connectivity index (χ1) is 7.71. The third kappa shape index (κ3) is 4.38. The Morgan fingerprint density at radius 3 is 2.11 bits per heavy atom. The second-order valence-electron chi connectivity index (χ2n) is 3.47. The summed E-state index contributed by atoms with van der Waals surface area (Å²) in [6.07, 6.45) is -8.24. The zero-order valence-electron chi connectivity index (χ0n) is 8.85. The van der Waals surface area contributed by atoms with Gasteiger partial charge in [0.25, 0.3) is 0 Å². The van der Waals surface area contributed by atoms with Gasteiger partial charge in [-0.25, -0.2) is 13.2 Å². The van der Waals surface area contributed by atoms with Crippen LogP contribution in [0.25, 0.3) is 0 Å². The van der Waals surface area contributed by atoms with E-state index in [9.17, 15) is 26.3 Å². The van der Waals surface area contributed by atoms with Crippen LogP contribution < -0.4 is 5.73 Å². The summed E-state index contributed by atoms with van der Waals surface area (Å²) in [6, 6.07) is 0.747. The highest BCUT2D eigenvalue weighted by Gasteiger charge is 2.34. The maximum Gasteiger partial charge on any atom is 0.419 e. The third-order valence-corrected chi connectivity index (χ3v) is 2.16. The molecule has 0 unspecified atom stereocenters. The van der Waals surface area contributed by atoms with Crippen molar-refractivity contribution in [1.29, 1.82) is 0 Å². The molecule has 104 valence electrons. The second-order valence-corrected chi connectivity index (χ2v) is 3.47. The maximum atomic E-state index is 13.1. The van der Waals surface area contributed by atoms with Crippen molar-refractivity contribution in [2.75, 3.05) is 0 Å². The van der Waals surface area contributed by atoms with E-state index >= 15 is 0 Å². The zero-order valence-corrected chi connectivity index (χ0v) is 9.66. The fourth-order valence-electron chi connectivity index (χ4n) is 1.32. The van der Waals surface area contributed by atoms with E-state index in [2.05, 4.69) is 0 Å². The van der Waals surface area contributed by atoms with Gasteiger partial charge in [0.15, 0.2) is 0 Å². The van der Waals surface area contributed by atoms with E-state index in [0.29, 0.717) is 12.1 Å². The molecular weight excluding hydrogens is 284 g/mol. The number of hydrogen-bond donors (Lipinski definition) is 1. The minimum atomic E-state index is -4.81. The van der Waals surface area contributed by atoms with E-state index in [-0.39, 0.29) is 18.0 Å². The molecule has 0 spiro atoms. The molecule has 0 aromatic heterocycles. The van der Waals surface area contributed by atoms with Crippen LogP contribution in [0.1, 0.15) is 23.6 Å². The van der Waals surface area contributed by atoms with Crippen molar-refractivity contribution in [3.63, 3.8) is 0 Å². The summed E-state index contributed by atoms with van der Waals surface area (Å²) in [5.41, 5.74) is 3.77. The number of rotatable bonds is 3. The fraction of sp³-hybridized carbons (Fsp3) is 0.400. The molecule has 0 fully saturated rings. The number of nitrogens with two attached hydrogens (primary N) is 1. The quantitative estimate of drug-likeness (QED) is 0.840. The second kappa shape index (κ2) is 6.29. The smallest absolute Gasteiger partial charge is 0.324 e. The summed E-state index contributed by atoms with van der Waals surface area (Å²) < 4.78 is 73.7. The maximum absolute atomic E-state index is 13.1. The van der Waals surface area contributed by atoms with Crippen molar-refractivity contribution >= 4 is 12.4 Å². The van der Waals surface area contributed by atoms with Gasteiger partial charge < -0.3 is 5.73 Å². The van der Waals surface area contributed by atoms with Crippen LogP contribution in [0.4, 0.5) is 26.3 Å². The van der Waals surface area contributed by atoms with Crippen molar-refractivity contribution in [2.45, 2.75) is 25.1 Å². The van der Waals surface area contributed by atoms with E-state index < -0.39 is 36.4 Å². The Labute approximate surface area is 105 Å². The Bertz CT molecular complexity index is 392. The van der Waals surface area contributed by atoms with Gasteiger partial charge in [0.2, 0.25) is 6.43 Å². The van der Waals surface area contributed by atoms with Crippen LogP contribution in [0.5, 0.6) is 0 Å². The number of alkyl halides is 5. The van der Waals surface area contributed by atoms with Crippen LogP contribution >= 0.6 is 12.4 Å². The molecule has 0 aliphatic heterocycles. The van der Waals surface area contributed by atoms with Crippen molar-refractivity contribution in [1.82, 2.24) is 0 Å². The Kier molecular flexibility index (Phi) is 5.95. The SMILES string of the molecule is Cl.N[C@H](CC(F)F)c1ccc(C(F)(F)F)c(F)c1. The minimum Gasteiger partial charge on any atom is -0.324 e. The molecule has 0 radical (unpaired) electrons. The first-order valence-electron chi connectivity index (χ1n) is 4.62. The topological polar surface area (TPSA) is 26.0 Å². The van der Waals surface area contributed by atoms with E-state index in [1.54, 1.807) is 0 Å². The molecule has 0 saturated heterocycles. The molecule has 1 aromatic carbocycles. The largest absolute Gasteiger partial charge is 0.419 e. The summed E-state index contributed by atoms with van der Waals surface area (Å²) in [6.45, 7) is 0. The molecule has 0 saturated carbocycles. The molecule has 0 bridgehead atoms. The lowest BCUT2D eigenvalue weighted by molar-refractivity contribution is -0.140. The first kappa shape index (κ1) is 17.1. The average molecular weight is 294 g/mol. The van der Waals surface area contributed by atoms with Crippen LogP contribution in [0, 0.1) is 5.82 Å². The molecule has 0 aliphatic carbocycles. The van der Waals surface area contributed by atoms with Crippen LogP contribution in [0.2, 0.25) is 0 Å². The Morgan fingerprint density at radius 2 is 1.72 bits per heavy atom. The van der Waals surface area contributed by atoms with Gasteiger partial charge in [-0.15, -0.1) is 12.4 Å². The molecule has 18 heavy (non-hydrogen) atoms. The number of hydrogen-bond acceptors (Lipinski definition) is 1. The van der Waals surface area contributed by atoms with Crippen LogP contribution in [0.3, 0.4) is 0 Å². The summed E-state index contributed by atoms with van der Waals surface area (Å²) in [4.78, 5) is 0. The van der Waals surface area contributed by atoms with Gasteiger partial charge in [-0.2, -0.15) is 13.2 Å². The molecular formula is C10H10ClF6N. The van der Waals surface area contributed by atoms with Crippen molar-refractivity contribution in [3.05, 3.63) is 35.1 Å². The molecule has 0 aliphatic rings. The summed E-state index contributed by atoms with van der Waals surface area (Å²) in [5, 5.41) is 0. The van der Waals surface area contributed by atoms with Crippen molar-refractivity contribution < 1.29 is 26.3 Å². The predicted molar refractivity (Wildman–Crippen MR) is 56.2 cm³/mol. The van der Waals surface area contributed by atoms with E-state index in [4.69, 9.17) is 5.73 Å². The zero-order chi connectivity index (χ0) is 13.2. The predicted octanol–water partition coefficient (Wildman–Crippen LogP) is 3.92. The van der Waals surface area contributed by atoms with Crippen LogP contribution in [-0.4, -0.2) is 6.43 Å². The highest BCUT2D eigenvalue weighted by molar-refractivity contribution is 5.85. The molecule has 2 N–H and O–H groups in total. The van der Waals surface area contributed by atoms with Crippen molar-refractivity contribution in [3.8, 4) is 0 Å². The Balaban J connectivity index is 0.00000289. The molecule has 0 heterocycles. The normalized spacial score (nSPS) is 13.3. The lowest BCUT2D eigenvalue weighted by atomic mass is 10.0. The van der Waals surface area contributed by atoms with Gasteiger partial charge in [-0.3, -0.25) is 0 Å². The van der Waals surface area contributed by atoms with Gasteiger partial charge in [-0.1, -0.05) is 6.07 Å². The highest BCUT2D eigenvalue weighted by Crippen LogP contribution is 2.32. The molecule has 1 rings (SSSR count). The Hall–Kier alpha value is -0.950. The highest BCUT2D eigenvalue weighted by atomic mass is 35.5. The minimum absolute atomic E-state index is 0. The van der Waals surface area contributed by atoms with Gasteiger partial charge in [-0.05, 0) is 17.7 Å². The Morgan fingerprint density at radius 1 is 1.17 bits per heavy atom. The molecule has 1 nitrogen and oxygen atoms in total. The molecule has 0 amide bonds. The first-order valence-corrected chi connectivity index (χ1v) is 4.62. The van der Waals surface area contributed by atoms with E-state index in [1.807, 2.05) is 0 Å². The van der Waals surface area contributed by atoms with Gasteiger partial charge in [0.05, 0.1) is 5.56 Å². The van der Waals surface area contributed by atoms with E-state index in [1.165, 1.54) is 0 Å². The lowest BCUT2D eigenvalue weighted by Gasteiger charge is -2.14.